The van der Waals surface area contributed by atoms with Crippen LogP contribution in [0.15, 0.2) is 39.2 Å². The van der Waals surface area contributed by atoms with Gasteiger partial charge in [0.25, 0.3) is 0 Å². The van der Waals surface area contributed by atoms with Gasteiger partial charge in [-0.2, -0.15) is 0 Å². The highest BCUT2D eigenvalue weighted by Crippen LogP contribution is 2.20. The Bertz CT molecular complexity index is 555. The molecule has 3 heteroatoms. The van der Waals surface area contributed by atoms with E-state index < -0.39 is 0 Å². The van der Waals surface area contributed by atoms with Gasteiger partial charge in [0.05, 0.1) is 0 Å². The number of aryl methyl sites for hydroxylation is 2. The quantitative estimate of drug-likeness (QED) is 0.796. The van der Waals surface area contributed by atoms with Crippen LogP contribution in [0.1, 0.15) is 34.4 Å². The molecule has 2 rings (SSSR count). The number of furan rings is 1. The zero-order valence-corrected chi connectivity index (χ0v) is 11.4. The average Bonchev–Trinajstić information content (AvgIpc) is 2.80. The second kappa shape index (κ2) is 4.88. The molecule has 1 heterocycles. The van der Waals surface area contributed by atoms with Gasteiger partial charge in [-0.1, -0.05) is 35.0 Å². The third-order valence-corrected chi connectivity index (χ3v) is 3.52. The first-order valence-electron chi connectivity index (χ1n) is 5.51. The summed E-state index contributed by atoms with van der Waals surface area (Å²) < 4.78 is 6.39. The molecule has 0 amide bonds. The molecule has 2 aromatic rings. The van der Waals surface area contributed by atoms with Crippen LogP contribution in [0.4, 0.5) is 0 Å². The monoisotopic (exact) mass is 292 g/mol. The standard InChI is InChI=1S/C14H13BrO2/c1-3-11-6-7-13(17-11)14(16)10-5-4-9(2)12(15)8-10/h4-8H,3H2,1-2H3. The van der Waals surface area contributed by atoms with Crippen LogP contribution in [0.2, 0.25) is 0 Å². The van der Waals surface area contributed by atoms with E-state index in [1.807, 2.05) is 38.1 Å². The van der Waals surface area contributed by atoms with Gasteiger partial charge in [0.2, 0.25) is 5.78 Å². The van der Waals surface area contributed by atoms with Crippen LogP contribution in [0.25, 0.3) is 0 Å². The lowest BCUT2D eigenvalue weighted by Crippen LogP contribution is -1.99. The maximum Gasteiger partial charge on any atom is 0.228 e. The molecule has 0 N–H and O–H groups in total. The van der Waals surface area contributed by atoms with Gasteiger partial charge in [-0.05, 0) is 30.7 Å². The molecule has 0 atom stereocenters. The van der Waals surface area contributed by atoms with Crippen molar-refractivity contribution in [2.24, 2.45) is 0 Å². The van der Waals surface area contributed by atoms with Crippen LogP contribution < -0.4 is 0 Å². The summed E-state index contributed by atoms with van der Waals surface area (Å²) in [5.41, 5.74) is 1.75. The summed E-state index contributed by atoms with van der Waals surface area (Å²) in [5, 5.41) is 0. The van der Waals surface area contributed by atoms with Crippen molar-refractivity contribution < 1.29 is 9.21 Å². The van der Waals surface area contributed by atoms with E-state index in [0.717, 1.165) is 22.2 Å². The summed E-state index contributed by atoms with van der Waals surface area (Å²) in [7, 11) is 0. The van der Waals surface area contributed by atoms with E-state index in [9.17, 15) is 4.79 Å². The Morgan fingerprint density at radius 2 is 2.06 bits per heavy atom. The summed E-state index contributed by atoms with van der Waals surface area (Å²) in [6.07, 6.45) is 0.797. The van der Waals surface area contributed by atoms with Crippen molar-refractivity contribution in [1.29, 1.82) is 0 Å². The Kier molecular flexibility index (Phi) is 3.48. The number of benzene rings is 1. The Morgan fingerprint density at radius 3 is 2.65 bits per heavy atom. The van der Waals surface area contributed by atoms with Gasteiger partial charge < -0.3 is 4.42 Å². The molecule has 88 valence electrons. The van der Waals surface area contributed by atoms with Gasteiger partial charge in [-0.15, -0.1) is 0 Å². The average molecular weight is 293 g/mol. The molecule has 0 aliphatic rings. The van der Waals surface area contributed by atoms with E-state index in [0.29, 0.717) is 11.3 Å². The molecule has 1 aromatic carbocycles. The lowest BCUT2D eigenvalue weighted by atomic mass is 10.1. The third-order valence-electron chi connectivity index (χ3n) is 2.67. The minimum Gasteiger partial charge on any atom is -0.458 e. The molecule has 17 heavy (non-hydrogen) atoms. The Hall–Kier alpha value is -1.35. The van der Waals surface area contributed by atoms with Crippen molar-refractivity contribution in [3.05, 3.63) is 57.5 Å². The normalized spacial score (nSPS) is 10.5. The molecule has 1 aromatic heterocycles. The Labute approximate surface area is 109 Å². The van der Waals surface area contributed by atoms with E-state index in [-0.39, 0.29) is 5.78 Å². The summed E-state index contributed by atoms with van der Waals surface area (Å²) in [5.74, 6) is 1.16. The van der Waals surface area contributed by atoms with E-state index in [2.05, 4.69) is 15.9 Å². The lowest BCUT2D eigenvalue weighted by Gasteiger charge is -2.01. The number of rotatable bonds is 3. The molecule has 0 aliphatic carbocycles. The van der Waals surface area contributed by atoms with Crippen LogP contribution in [0.3, 0.4) is 0 Å². The van der Waals surface area contributed by atoms with Crippen LogP contribution in [-0.2, 0) is 6.42 Å². The molecule has 0 fully saturated rings. The van der Waals surface area contributed by atoms with Gasteiger partial charge >= 0.3 is 0 Å². The molecule has 2 nitrogen and oxygen atoms in total. The first-order chi connectivity index (χ1) is 8.11. The number of carbonyl (C=O) groups excluding carboxylic acids is 1. The predicted molar refractivity (Wildman–Crippen MR) is 70.4 cm³/mol. The zero-order valence-electron chi connectivity index (χ0n) is 9.79. The maximum atomic E-state index is 12.1. The minimum atomic E-state index is -0.0783. The highest BCUT2D eigenvalue weighted by atomic mass is 79.9. The van der Waals surface area contributed by atoms with Crippen molar-refractivity contribution in [3.8, 4) is 0 Å². The number of halogens is 1. The Morgan fingerprint density at radius 1 is 1.29 bits per heavy atom. The molecular weight excluding hydrogens is 280 g/mol. The van der Waals surface area contributed by atoms with Crippen LogP contribution in [-0.4, -0.2) is 5.78 Å². The van der Waals surface area contributed by atoms with Crippen molar-refractivity contribution in [2.45, 2.75) is 20.3 Å². The molecule has 0 radical (unpaired) electrons. The van der Waals surface area contributed by atoms with Crippen LogP contribution in [0, 0.1) is 6.92 Å². The van der Waals surface area contributed by atoms with E-state index >= 15 is 0 Å². The van der Waals surface area contributed by atoms with Gasteiger partial charge in [0.15, 0.2) is 5.76 Å². The van der Waals surface area contributed by atoms with Crippen LogP contribution >= 0.6 is 15.9 Å². The van der Waals surface area contributed by atoms with Crippen molar-refractivity contribution >= 4 is 21.7 Å². The summed E-state index contributed by atoms with van der Waals surface area (Å²) in [6.45, 7) is 3.98. The van der Waals surface area contributed by atoms with Crippen molar-refractivity contribution in [3.63, 3.8) is 0 Å². The summed E-state index contributed by atoms with van der Waals surface area (Å²) in [4.78, 5) is 12.1. The highest BCUT2D eigenvalue weighted by Gasteiger charge is 2.14. The molecule has 0 unspecified atom stereocenters. The number of ketones is 1. The first kappa shape index (κ1) is 12.1. The smallest absolute Gasteiger partial charge is 0.228 e. The fourth-order valence-corrected chi connectivity index (χ4v) is 1.95. The fourth-order valence-electron chi connectivity index (χ4n) is 1.57. The molecular formula is C14H13BrO2. The number of carbonyl (C=O) groups is 1. The molecule has 0 bridgehead atoms. The second-order valence-electron chi connectivity index (χ2n) is 3.91. The van der Waals surface area contributed by atoms with Gasteiger partial charge in [0, 0.05) is 16.5 Å². The van der Waals surface area contributed by atoms with E-state index in [1.165, 1.54) is 0 Å². The predicted octanol–water partition coefficient (Wildman–Crippen LogP) is 4.14. The zero-order chi connectivity index (χ0) is 12.4. The fraction of sp³-hybridized carbons (Fsp3) is 0.214. The van der Waals surface area contributed by atoms with E-state index in [1.54, 1.807) is 6.07 Å². The Balaban J connectivity index is 2.33. The van der Waals surface area contributed by atoms with Crippen LogP contribution in [0.5, 0.6) is 0 Å². The molecule has 0 aliphatic heterocycles. The SMILES string of the molecule is CCc1ccc(C(=O)c2ccc(C)c(Br)c2)o1. The highest BCUT2D eigenvalue weighted by molar-refractivity contribution is 9.10. The number of hydrogen-bond acceptors (Lipinski definition) is 2. The maximum absolute atomic E-state index is 12.1. The number of hydrogen-bond donors (Lipinski definition) is 0. The second-order valence-corrected chi connectivity index (χ2v) is 4.77. The minimum absolute atomic E-state index is 0.0783. The molecule has 0 saturated heterocycles. The first-order valence-corrected chi connectivity index (χ1v) is 6.30. The molecule has 0 spiro atoms. The third kappa shape index (κ3) is 2.50. The van der Waals surface area contributed by atoms with Crippen molar-refractivity contribution in [2.75, 3.05) is 0 Å². The molecule has 0 saturated carbocycles. The summed E-state index contributed by atoms with van der Waals surface area (Å²) in [6, 6.07) is 9.13. The lowest BCUT2D eigenvalue weighted by molar-refractivity contribution is 0.101. The van der Waals surface area contributed by atoms with E-state index in [4.69, 9.17) is 4.42 Å². The topological polar surface area (TPSA) is 30.2 Å². The largest absolute Gasteiger partial charge is 0.458 e. The van der Waals surface area contributed by atoms with Gasteiger partial charge in [0.1, 0.15) is 5.76 Å². The van der Waals surface area contributed by atoms with Gasteiger partial charge in [-0.3, -0.25) is 4.79 Å². The van der Waals surface area contributed by atoms with Crippen molar-refractivity contribution in [1.82, 2.24) is 0 Å². The summed E-state index contributed by atoms with van der Waals surface area (Å²) >= 11 is 3.42. The van der Waals surface area contributed by atoms with Gasteiger partial charge in [-0.25, -0.2) is 0 Å².